The molecule has 2 heterocycles. The summed E-state index contributed by atoms with van der Waals surface area (Å²) in [6, 6.07) is 6.75. The van der Waals surface area contributed by atoms with Gasteiger partial charge in [0.1, 0.15) is 18.2 Å². The standard InChI is InChI=1S/C22H18F4N2O3/c1-21(25,26)16-6-11(3-5-17(16)24)19(29)22(10-28-22)8-15-14-7-13(23)4-2-12(14)9-31-18(15)20(27)30/h2-7,28H,8-10H2,1H3,(H2,27,30). The van der Waals surface area contributed by atoms with Gasteiger partial charge in [-0.15, -0.1) is 0 Å². The average Bonchev–Trinajstić information content (AvgIpc) is 3.48. The van der Waals surface area contributed by atoms with E-state index in [4.69, 9.17) is 10.5 Å². The Kier molecular flexibility index (Phi) is 4.88. The van der Waals surface area contributed by atoms with Crippen molar-refractivity contribution in [2.75, 3.05) is 6.54 Å². The third-order valence-electron chi connectivity index (χ3n) is 5.49. The molecule has 4 rings (SSSR count). The largest absolute Gasteiger partial charge is 0.483 e. The number of halogens is 4. The van der Waals surface area contributed by atoms with E-state index in [0.29, 0.717) is 18.1 Å². The fraction of sp³-hybridized carbons (Fsp3) is 0.273. The van der Waals surface area contributed by atoms with Crippen molar-refractivity contribution in [1.82, 2.24) is 5.32 Å². The van der Waals surface area contributed by atoms with Gasteiger partial charge in [-0.3, -0.25) is 9.59 Å². The number of hydrogen-bond donors (Lipinski definition) is 2. The van der Waals surface area contributed by atoms with Crippen LogP contribution in [0.5, 0.6) is 0 Å². The van der Waals surface area contributed by atoms with Gasteiger partial charge in [0, 0.05) is 31.0 Å². The second-order valence-corrected chi connectivity index (χ2v) is 7.79. The van der Waals surface area contributed by atoms with Crippen molar-refractivity contribution in [2.24, 2.45) is 5.73 Å². The van der Waals surface area contributed by atoms with E-state index in [1.54, 1.807) is 0 Å². The second kappa shape index (κ2) is 7.19. The second-order valence-electron chi connectivity index (χ2n) is 7.79. The number of nitrogens with one attached hydrogen (secondary N) is 1. The first-order valence-corrected chi connectivity index (χ1v) is 9.44. The first-order valence-electron chi connectivity index (χ1n) is 9.44. The number of amides is 1. The Balaban J connectivity index is 1.73. The topological polar surface area (TPSA) is 91.3 Å². The molecule has 9 heteroatoms. The lowest BCUT2D eigenvalue weighted by molar-refractivity contribution is -0.118. The summed E-state index contributed by atoms with van der Waals surface area (Å²) in [5, 5.41) is 2.90. The summed E-state index contributed by atoms with van der Waals surface area (Å²) in [7, 11) is 0. The lowest BCUT2D eigenvalue weighted by atomic mass is 9.84. The monoisotopic (exact) mass is 434 g/mol. The zero-order valence-electron chi connectivity index (χ0n) is 16.4. The highest BCUT2D eigenvalue weighted by molar-refractivity contribution is 6.08. The van der Waals surface area contributed by atoms with Crippen LogP contribution in [0.25, 0.3) is 5.57 Å². The molecule has 0 radical (unpaired) electrons. The van der Waals surface area contributed by atoms with E-state index in [-0.39, 0.29) is 36.5 Å². The van der Waals surface area contributed by atoms with Crippen LogP contribution < -0.4 is 11.1 Å². The van der Waals surface area contributed by atoms with E-state index in [2.05, 4.69) is 5.32 Å². The van der Waals surface area contributed by atoms with Crippen molar-refractivity contribution in [3.05, 3.63) is 76.0 Å². The van der Waals surface area contributed by atoms with E-state index >= 15 is 0 Å². The van der Waals surface area contributed by atoms with E-state index in [1.165, 1.54) is 18.2 Å². The van der Waals surface area contributed by atoms with Crippen molar-refractivity contribution < 1.29 is 31.9 Å². The first-order chi connectivity index (χ1) is 14.5. The van der Waals surface area contributed by atoms with Crippen LogP contribution in [0.4, 0.5) is 17.6 Å². The maximum atomic E-state index is 13.9. The number of carbonyl (C=O) groups excluding carboxylic acids is 2. The molecule has 1 unspecified atom stereocenters. The highest BCUT2D eigenvalue weighted by Crippen LogP contribution is 2.40. The van der Waals surface area contributed by atoms with E-state index < -0.39 is 40.3 Å². The number of carbonyl (C=O) groups is 2. The smallest absolute Gasteiger partial charge is 0.284 e. The molecule has 0 bridgehead atoms. The van der Waals surface area contributed by atoms with Crippen LogP contribution in [0.2, 0.25) is 0 Å². The fourth-order valence-electron chi connectivity index (χ4n) is 3.76. The minimum Gasteiger partial charge on any atom is -0.483 e. The van der Waals surface area contributed by atoms with Crippen molar-refractivity contribution in [3.63, 3.8) is 0 Å². The summed E-state index contributed by atoms with van der Waals surface area (Å²) in [4.78, 5) is 25.1. The quantitative estimate of drug-likeness (QED) is 0.414. The Morgan fingerprint density at radius 3 is 2.52 bits per heavy atom. The molecule has 5 nitrogen and oxygen atoms in total. The van der Waals surface area contributed by atoms with Gasteiger partial charge >= 0.3 is 0 Å². The van der Waals surface area contributed by atoms with Gasteiger partial charge in [0.25, 0.3) is 11.8 Å². The Hall–Kier alpha value is -3.20. The summed E-state index contributed by atoms with van der Waals surface area (Å²) in [5.41, 5.74) is 4.43. The summed E-state index contributed by atoms with van der Waals surface area (Å²) in [6.45, 7) is 0.736. The van der Waals surface area contributed by atoms with Crippen LogP contribution in [0, 0.1) is 11.6 Å². The molecule has 2 aliphatic heterocycles. The van der Waals surface area contributed by atoms with Crippen LogP contribution in [0.15, 0.2) is 42.2 Å². The van der Waals surface area contributed by atoms with Gasteiger partial charge in [-0.1, -0.05) is 6.07 Å². The first kappa shape index (κ1) is 21.0. The number of alkyl halides is 2. The number of rotatable bonds is 6. The molecule has 2 aromatic rings. The van der Waals surface area contributed by atoms with E-state index in [9.17, 15) is 27.2 Å². The average molecular weight is 434 g/mol. The summed E-state index contributed by atoms with van der Waals surface area (Å²) in [6.07, 6.45) is -0.0875. The van der Waals surface area contributed by atoms with Crippen LogP contribution in [-0.4, -0.2) is 23.8 Å². The van der Waals surface area contributed by atoms with Gasteiger partial charge in [0.05, 0.1) is 11.1 Å². The van der Waals surface area contributed by atoms with Crippen LogP contribution >= 0.6 is 0 Å². The third-order valence-corrected chi connectivity index (χ3v) is 5.49. The lowest BCUT2D eigenvalue weighted by Gasteiger charge is -2.25. The zero-order chi connectivity index (χ0) is 22.6. The number of ketones is 1. The predicted molar refractivity (Wildman–Crippen MR) is 103 cm³/mol. The van der Waals surface area contributed by atoms with Gasteiger partial charge in [0.15, 0.2) is 11.5 Å². The van der Waals surface area contributed by atoms with Crippen LogP contribution in [0.3, 0.4) is 0 Å². The van der Waals surface area contributed by atoms with Gasteiger partial charge in [-0.05, 0) is 41.5 Å². The molecular formula is C22H18F4N2O3. The molecule has 31 heavy (non-hydrogen) atoms. The Bertz CT molecular complexity index is 1130. The number of benzene rings is 2. The summed E-state index contributed by atoms with van der Waals surface area (Å²) in [5.74, 6) is -6.75. The van der Waals surface area contributed by atoms with Gasteiger partial charge in [-0.25, -0.2) is 17.6 Å². The molecule has 0 aliphatic carbocycles. The fourth-order valence-corrected chi connectivity index (χ4v) is 3.76. The van der Waals surface area contributed by atoms with Gasteiger partial charge in [0.2, 0.25) is 0 Å². The van der Waals surface area contributed by atoms with Crippen molar-refractivity contribution in [2.45, 2.75) is 31.4 Å². The van der Waals surface area contributed by atoms with Crippen molar-refractivity contribution in [3.8, 4) is 0 Å². The molecule has 1 saturated heterocycles. The molecule has 1 amide bonds. The van der Waals surface area contributed by atoms with Crippen LogP contribution in [-0.2, 0) is 22.1 Å². The summed E-state index contributed by atoms with van der Waals surface area (Å²) < 4.78 is 60.6. The number of primary amides is 1. The Morgan fingerprint density at radius 2 is 1.90 bits per heavy atom. The minimum atomic E-state index is -3.47. The zero-order valence-corrected chi connectivity index (χ0v) is 16.4. The SMILES string of the molecule is CC(F)(F)c1cc(C(=O)C2(CC3=C(C(N)=O)OCc4ccc(F)cc43)CN2)ccc1F. The van der Waals surface area contributed by atoms with Crippen molar-refractivity contribution >= 4 is 17.3 Å². The molecule has 3 N–H and O–H groups in total. The number of nitrogens with two attached hydrogens (primary N) is 1. The molecule has 2 aliphatic rings. The molecule has 2 aromatic carbocycles. The molecule has 1 atom stereocenters. The molecule has 162 valence electrons. The number of ether oxygens (including phenoxy) is 1. The molecular weight excluding hydrogens is 416 g/mol. The lowest BCUT2D eigenvalue weighted by Crippen LogP contribution is -2.31. The highest BCUT2D eigenvalue weighted by atomic mass is 19.3. The molecule has 0 aromatic heterocycles. The Morgan fingerprint density at radius 1 is 1.19 bits per heavy atom. The molecule has 0 spiro atoms. The van der Waals surface area contributed by atoms with Crippen molar-refractivity contribution in [1.29, 1.82) is 0 Å². The van der Waals surface area contributed by atoms with Gasteiger partial charge < -0.3 is 15.8 Å². The van der Waals surface area contributed by atoms with E-state index in [0.717, 1.165) is 18.2 Å². The normalized spacial score (nSPS) is 20.2. The highest BCUT2D eigenvalue weighted by Gasteiger charge is 2.51. The Labute approximate surface area is 174 Å². The minimum absolute atomic E-state index is 0.0126. The number of fused-ring (bicyclic) bond motifs is 1. The molecule has 0 saturated carbocycles. The molecule has 1 fully saturated rings. The van der Waals surface area contributed by atoms with Gasteiger partial charge in [-0.2, -0.15) is 0 Å². The number of Topliss-reactive ketones (excluding diaryl/α,β-unsaturated/α-hetero) is 1. The van der Waals surface area contributed by atoms with E-state index in [1.807, 2.05) is 0 Å². The number of hydrogen-bond acceptors (Lipinski definition) is 4. The maximum Gasteiger partial charge on any atom is 0.284 e. The predicted octanol–water partition coefficient (Wildman–Crippen LogP) is 3.42. The summed E-state index contributed by atoms with van der Waals surface area (Å²) >= 11 is 0. The van der Waals surface area contributed by atoms with Crippen LogP contribution in [0.1, 0.15) is 40.4 Å². The third kappa shape index (κ3) is 3.81. The maximum absolute atomic E-state index is 13.9.